The zero-order chi connectivity index (χ0) is 17.5. The van der Waals surface area contributed by atoms with Crippen LogP contribution in [0.2, 0.25) is 0 Å². The molecule has 126 valence electrons. The van der Waals surface area contributed by atoms with E-state index < -0.39 is 0 Å². The lowest BCUT2D eigenvalue weighted by Gasteiger charge is -2.19. The molecule has 5 nitrogen and oxygen atoms in total. The molecule has 0 radical (unpaired) electrons. The van der Waals surface area contributed by atoms with Crippen molar-refractivity contribution in [3.8, 4) is 11.4 Å². The molecule has 0 unspecified atom stereocenters. The first-order chi connectivity index (χ1) is 12.3. The number of amides is 1. The lowest BCUT2D eigenvalue weighted by Crippen LogP contribution is -2.32. The van der Waals surface area contributed by atoms with E-state index in [9.17, 15) is 4.79 Å². The highest BCUT2D eigenvalue weighted by atomic mass is 16.5. The Labute approximate surface area is 146 Å². The van der Waals surface area contributed by atoms with Crippen LogP contribution in [-0.2, 0) is 17.8 Å². The van der Waals surface area contributed by atoms with E-state index in [2.05, 4.69) is 16.7 Å². The molecule has 0 fully saturated rings. The molecule has 3 rings (SSSR count). The van der Waals surface area contributed by atoms with Crippen LogP contribution in [0.4, 0.5) is 0 Å². The standard InChI is InChI=1S/C20H19N3O2/c1-2-13-23(19(24)14-16-9-5-3-6-10-16)15-18-21-20(22-25-18)17-11-7-4-8-12-17/h2-12H,1,13-15H2. The van der Waals surface area contributed by atoms with Gasteiger partial charge in [-0.1, -0.05) is 71.9 Å². The summed E-state index contributed by atoms with van der Waals surface area (Å²) in [4.78, 5) is 18.6. The van der Waals surface area contributed by atoms with Crippen LogP contribution in [0.15, 0.2) is 77.8 Å². The number of hydrogen-bond donors (Lipinski definition) is 0. The summed E-state index contributed by atoms with van der Waals surface area (Å²) in [6, 6.07) is 19.2. The second-order valence-electron chi connectivity index (χ2n) is 5.60. The van der Waals surface area contributed by atoms with Crippen LogP contribution in [-0.4, -0.2) is 27.5 Å². The van der Waals surface area contributed by atoms with Gasteiger partial charge in [0.05, 0.1) is 6.42 Å². The smallest absolute Gasteiger partial charge is 0.246 e. The van der Waals surface area contributed by atoms with Crippen LogP contribution >= 0.6 is 0 Å². The van der Waals surface area contributed by atoms with Gasteiger partial charge in [-0.05, 0) is 5.56 Å². The van der Waals surface area contributed by atoms with Crippen molar-refractivity contribution in [2.45, 2.75) is 13.0 Å². The van der Waals surface area contributed by atoms with Crippen molar-refractivity contribution in [1.29, 1.82) is 0 Å². The molecular weight excluding hydrogens is 314 g/mol. The van der Waals surface area contributed by atoms with Crippen molar-refractivity contribution in [2.75, 3.05) is 6.54 Å². The highest BCUT2D eigenvalue weighted by Gasteiger charge is 2.17. The van der Waals surface area contributed by atoms with Crippen molar-refractivity contribution >= 4 is 5.91 Å². The van der Waals surface area contributed by atoms with Crippen molar-refractivity contribution in [1.82, 2.24) is 15.0 Å². The first-order valence-electron chi connectivity index (χ1n) is 8.07. The van der Waals surface area contributed by atoms with E-state index in [1.807, 2.05) is 60.7 Å². The summed E-state index contributed by atoms with van der Waals surface area (Å²) in [5.41, 5.74) is 1.85. The van der Waals surface area contributed by atoms with Gasteiger partial charge in [0.2, 0.25) is 17.6 Å². The topological polar surface area (TPSA) is 59.2 Å². The van der Waals surface area contributed by atoms with Crippen LogP contribution in [0.1, 0.15) is 11.5 Å². The van der Waals surface area contributed by atoms with Gasteiger partial charge in [0.15, 0.2) is 0 Å². The molecule has 1 aromatic heterocycles. The van der Waals surface area contributed by atoms with Gasteiger partial charge in [0, 0.05) is 12.1 Å². The molecule has 0 saturated carbocycles. The number of benzene rings is 2. The van der Waals surface area contributed by atoms with Gasteiger partial charge < -0.3 is 9.42 Å². The number of nitrogens with zero attached hydrogens (tertiary/aromatic N) is 3. The fourth-order valence-corrected chi connectivity index (χ4v) is 2.48. The van der Waals surface area contributed by atoms with Gasteiger partial charge in [-0.15, -0.1) is 6.58 Å². The summed E-state index contributed by atoms with van der Waals surface area (Å²) in [7, 11) is 0. The Kier molecular flexibility index (Phi) is 5.36. The lowest BCUT2D eigenvalue weighted by atomic mass is 10.1. The van der Waals surface area contributed by atoms with E-state index in [-0.39, 0.29) is 12.5 Å². The molecule has 1 amide bonds. The summed E-state index contributed by atoms with van der Waals surface area (Å²) >= 11 is 0. The number of carbonyl (C=O) groups is 1. The van der Waals surface area contributed by atoms with E-state index in [0.29, 0.717) is 24.7 Å². The Hall–Kier alpha value is -3.21. The van der Waals surface area contributed by atoms with E-state index >= 15 is 0 Å². The number of carbonyl (C=O) groups excluding carboxylic acids is 1. The minimum Gasteiger partial charge on any atom is -0.337 e. The molecule has 0 aliphatic rings. The van der Waals surface area contributed by atoms with Gasteiger partial charge in [-0.3, -0.25) is 4.79 Å². The zero-order valence-corrected chi connectivity index (χ0v) is 13.8. The molecule has 25 heavy (non-hydrogen) atoms. The molecule has 0 N–H and O–H groups in total. The maximum Gasteiger partial charge on any atom is 0.246 e. The first-order valence-corrected chi connectivity index (χ1v) is 8.07. The molecule has 5 heteroatoms. The van der Waals surface area contributed by atoms with Crippen LogP contribution in [0.5, 0.6) is 0 Å². The second-order valence-corrected chi connectivity index (χ2v) is 5.60. The predicted octanol–water partition coefficient (Wildman–Crippen LogP) is 3.49. The summed E-state index contributed by atoms with van der Waals surface area (Å²) in [5, 5.41) is 3.99. The quantitative estimate of drug-likeness (QED) is 0.621. The predicted molar refractivity (Wildman–Crippen MR) is 95.5 cm³/mol. The van der Waals surface area contributed by atoms with Gasteiger partial charge >= 0.3 is 0 Å². The van der Waals surface area contributed by atoms with Crippen LogP contribution in [0.25, 0.3) is 11.4 Å². The molecule has 1 heterocycles. The Morgan fingerprint density at radius 2 is 1.76 bits per heavy atom. The molecule has 0 spiro atoms. The SMILES string of the molecule is C=CCN(Cc1nc(-c2ccccc2)no1)C(=O)Cc1ccccc1. The number of rotatable bonds is 7. The van der Waals surface area contributed by atoms with Crippen molar-refractivity contribution in [3.63, 3.8) is 0 Å². The van der Waals surface area contributed by atoms with Crippen molar-refractivity contribution in [3.05, 3.63) is 84.8 Å². The highest BCUT2D eigenvalue weighted by Crippen LogP contribution is 2.16. The summed E-state index contributed by atoms with van der Waals surface area (Å²) in [5.74, 6) is 0.914. The summed E-state index contributed by atoms with van der Waals surface area (Å²) in [6.07, 6.45) is 2.02. The van der Waals surface area contributed by atoms with Crippen LogP contribution in [0.3, 0.4) is 0 Å². The van der Waals surface area contributed by atoms with E-state index in [1.54, 1.807) is 11.0 Å². The van der Waals surface area contributed by atoms with Crippen LogP contribution in [0, 0.1) is 0 Å². The number of aromatic nitrogens is 2. The maximum absolute atomic E-state index is 12.6. The Bertz CT molecular complexity index is 828. The fourth-order valence-electron chi connectivity index (χ4n) is 2.48. The summed E-state index contributed by atoms with van der Waals surface area (Å²) in [6.45, 7) is 4.41. The minimum atomic E-state index is -0.00874. The monoisotopic (exact) mass is 333 g/mol. The van der Waals surface area contributed by atoms with Crippen LogP contribution < -0.4 is 0 Å². The zero-order valence-electron chi connectivity index (χ0n) is 13.8. The molecule has 0 atom stereocenters. The van der Waals surface area contributed by atoms with Gasteiger partial charge in [0.25, 0.3) is 0 Å². The van der Waals surface area contributed by atoms with E-state index in [4.69, 9.17) is 4.52 Å². The molecule has 0 saturated heterocycles. The molecule has 2 aromatic carbocycles. The third-order valence-corrected chi connectivity index (χ3v) is 3.73. The Morgan fingerprint density at radius 3 is 2.44 bits per heavy atom. The van der Waals surface area contributed by atoms with Crippen molar-refractivity contribution in [2.24, 2.45) is 0 Å². The molecule has 0 aliphatic heterocycles. The molecule has 3 aromatic rings. The molecular formula is C20H19N3O2. The van der Waals surface area contributed by atoms with Gasteiger partial charge in [0.1, 0.15) is 6.54 Å². The Morgan fingerprint density at radius 1 is 1.08 bits per heavy atom. The first kappa shape index (κ1) is 16.6. The molecule has 0 bridgehead atoms. The summed E-state index contributed by atoms with van der Waals surface area (Å²) < 4.78 is 5.31. The average molecular weight is 333 g/mol. The van der Waals surface area contributed by atoms with E-state index in [0.717, 1.165) is 11.1 Å². The van der Waals surface area contributed by atoms with Gasteiger partial charge in [-0.2, -0.15) is 4.98 Å². The maximum atomic E-state index is 12.6. The van der Waals surface area contributed by atoms with Crippen molar-refractivity contribution < 1.29 is 9.32 Å². The molecule has 0 aliphatic carbocycles. The minimum absolute atomic E-state index is 0.00874. The largest absolute Gasteiger partial charge is 0.337 e. The average Bonchev–Trinajstić information content (AvgIpc) is 3.11. The van der Waals surface area contributed by atoms with Gasteiger partial charge in [-0.25, -0.2) is 0 Å². The normalized spacial score (nSPS) is 10.4. The fraction of sp³-hybridized carbons (Fsp3) is 0.150. The highest BCUT2D eigenvalue weighted by molar-refractivity contribution is 5.78. The number of hydrogen-bond acceptors (Lipinski definition) is 4. The third kappa shape index (κ3) is 4.41. The van der Waals surface area contributed by atoms with E-state index in [1.165, 1.54) is 0 Å². The third-order valence-electron chi connectivity index (χ3n) is 3.73. The second kappa shape index (κ2) is 8.06. The Balaban J connectivity index is 1.70. The lowest BCUT2D eigenvalue weighted by molar-refractivity contribution is -0.130.